The van der Waals surface area contributed by atoms with Crippen molar-refractivity contribution in [2.75, 3.05) is 13.7 Å². The second-order valence-electron chi connectivity index (χ2n) is 7.22. The summed E-state index contributed by atoms with van der Waals surface area (Å²) < 4.78 is 6.04. The second-order valence-corrected chi connectivity index (χ2v) is 8.08. The number of rotatable bonds is 4. The van der Waals surface area contributed by atoms with Crippen LogP contribution in [-0.2, 0) is 4.74 Å². The van der Waals surface area contributed by atoms with E-state index in [1.165, 1.54) is 0 Å². The Morgan fingerprint density at radius 1 is 1.18 bits per heavy atom. The van der Waals surface area contributed by atoms with Crippen molar-refractivity contribution in [1.82, 2.24) is 0 Å². The van der Waals surface area contributed by atoms with Crippen LogP contribution in [0, 0.1) is 17.3 Å². The predicted molar refractivity (Wildman–Crippen MR) is 98.5 cm³/mol. The van der Waals surface area contributed by atoms with Gasteiger partial charge in [0, 0.05) is 17.1 Å². The first-order valence-corrected chi connectivity index (χ1v) is 8.26. The van der Waals surface area contributed by atoms with Gasteiger partial charge in [0.15, 0.2) is 0 Å². The van der Waals surface area contributed by atoms with Gasteiger partial charge in [0.05, 0.1) is 5.54 Å². The predicted octanol–water partition coefficient (Wildman–Crippen LogP) is 5.10. The highest BCUT2D eigenvalue weighted by Crippen LogP contribution is 2.30. The summed E-state index contributed by atoms with van der Waals surface area (Å²) in [7, 11) is 1.65. The zero-order chi connectivity index (χ0) is 16.8. The van der Waals surface area contributed by atoms with Crippen molar-refractivity contribution in [3.05, 3.63) is 34.3 Å². The summed E-state index contributed by atoms with van der Waals surface area (Å²) in [6.45, 7) is 11.4. The molecule has 0 N–H and O–H groups in total. The molecule has 0 spiro atoms. The van der Waals surface area contributed by atoms with E-state index in [-0.39, 0.29) is 11.0 Å². The smallest absolute Gasteiger partial charge is 0.116 e. The minimum atomic E-state index is -0.176. The molecule has 0 bridgehead atoms. The molecule has 1 aromatic carbocycles. The Morgan fingerprint density at radius 2 is 1.82 bits per heavy atom. The fourth-order valence-electron chi connectivity index (χ4n) is 2.64. The largest absolute Gasteiger partial charge is 0.372 e. The number of ether oxygens (including phenoxy) is 1. The van der Waals surface area contributed by atoms with E-state index in [4.69, 9.17) is 9.73 Å². The van der Waals surface area contributed by atoms with Gasteiger partial charge in [-0.05, 0) is 37.7 Å². The quantitative estimate of drug-likeness (QED) is 0.538. The van der Waals surface area contributed by atoms with Crippen molar-refractivity contribution >= 4 is 21.6 Å². The fourth-order valence-corrected chi connectivity index (χ4v) is 3.11. The first kappa shape index (κ1) is 18.9. The van der Waals surface area contributed by atoms with Gasteiger partial charge in [-0.3, -0.25) is 4.99 Å². The lowest BCUT2D eigenvalue weighted by molar-refractivity contribution is 0.240. The van der Waals surface area contributed by atoms with Gasteiger partial charge in [-0.2, -0.15) is 0 Å². The maximum absolute atomic E-state index is 5.03. The zero-order valence-corrected chi connectivity index (χ0v) is 16.0. The van der Waals surface area contributed by atoms with E-state index in [1.807, 2.05) is 24.3 Å². The van der Waals surface area contributed by atoms with Crippen molar-refractivity contribution in [1.29, 1.82) is 0 Å². The van der Waals surface area contributed by atoms with Crippen LogP contribution in [0.4, 0.5) is 0 Å². The molecule has 0 saturated heterocycles. The molecule has 0 atom stereocenters. The second kappa shape index (κ2) is 7.94. The summed E-state index contributed by atoms with van der Waals surface area (Å²) in [5.41, 5.74) is 1.86. The molecule has 0 aliphatic carbocycles. The van der Waals surface area contributed by atoms with Crippen LogP contribution in [0.2, 0.25) is 0 Å². The molecule has 0 amide bonds. The minimum absolute atomic E-state index is 0.176. The molecule has 0 unspecified atom stereocenters. The molecule has 0 aliphatic rings. The maximum atomic E-state index is 5.03. The SMILES string of the molecule is COCC#CC(=NC(C)(C)CC(C)(C)C)c1ccccc1Br. The molecular weight excluding hydrogens is 338 g/mol. The molecule has 0 aromatic heterocycles. The summed E-state index contributed by atoms with van der Waals surface area (Å²) in [6, 6.07) is 8.05. The van der Waals surface area contributed by atoms with Gasteiger partial charge < -0.3 is 4.74 Å². The number of aliphatic imine (C=N–C) groups is 1. The van der Waals surface area contributed by atoms with Gasteiger partial charge in [0.1, 0.15) is 12.3 Å². The molecule has 0 aliphatic heterocycles. The first-order chi connectivity index (χ1) is 10.1. The van der Waals surface area contributed by atoms with Crippen LogP contribution in [0.1, 0.15) is 46.6 Å². The highest BCUT2D eigenvalue weighted by molar-refractivity contribution is 9.10. The molecule has 1 rings (SSSR count). The van der Waals surface area contributed by atoms with Crippen molar-refractivity contribution in [2.24, 2.45) is 10.4 Å². The van der Waals surface area contributed by atoms with Gasteiger partial charge >= 0.3 is 0 Å². The third kappa shape index (κ3) is 6.77. The molecule has 120 valence electrons. The van der Waals surface area contributed by atoms with E-state index in [0.29, 0.717) is 6.61 Å². The molecule has 2 nitrogen and oxygen atoms in total. The minimum Gasteiger partial charge on any atom is -0.372 e. The lowest BCUT2D eigenvalue weighted by Gasteiger charge is -2.29. The van der Waals surface area contributed by atoms with Crippen LogP contribution < -0.4 is 0 Å². The van der Waals surface area contributed by atoms with Crippen LogP contribution in [0.25, 0.3) is 0 Å². The van der Waals surface area contributed by atoms with Crippen LogP contribution >= 0.6 is 15.9 Å². The van der Waals surface area contributed by atoms with E-state index >= 15 is 0 Å². The number of nitrogens with zero attached hydrogens (tertiary/aromatic N) is 1. The summed E-state index contributed by atoms with van der Waals surface area (Å²) >= 11 is 3.59. The Labute approximate surface area is 143 Å². The molecule has 0 radical (unpaired) electrons. The highest BCUT2D eigenvalue weighted by atomic mass is 79.9. The first-order valence-electron chi connectivity index (χ1n) is 7.47. The lowest BCUT2D eigenvalue weighted by atomic mass is 9.82. The maximum Gasteiger partial charge on any atom is 0.116 e. The van der Waals surface area contributed by atoms with Gasteiger partial charge in [-0.1, -0.05) is 60.8 Å². The summed E-state index contributed by atoms with van der Waals surface area (Å²) in [5.74, 6) is 6.19. The highest BCUT2D eigenvalue weighted by Gasteiger charge is 2.25. The standard InChI is InChI=1S/C19H26BrNO/c1-18(2,3)14-19(4,5)21-17(12-9-13-22-6)15-10-7-8-11-16(15)20/h7-8,10-11H,13-14H2,1-6H3. The normalized spacial score (nSPS) is 12.8. The van der Waals surface area contributed by atoms with E-state index in [9.17, 15) is 0 Å². The fraction of sp³-hybridized carbons (Fsp3) is 0.526. The van der Waals surface area contributed by atoms with Crippen LogP contribution in [0.3, 0.4) is 0 Å². The van der Waals surface area contributed by atoms with E-state index < -0.39 is 0 Å². The molecule has 3 heteroatoms. The third-order valence-electron chi connectivity index (χ3n) is 2.93. The average Bonchev–Trinajstić information content (AvgIpc) is 2.35. The molecule has 0 saturated carbocycles. The summed E-state index contributed by atoms with van der Waals surface area (Å²) in [4.78, 5) is 4.95. The third-order valence-corrected chi connectivity index (χ3v) is 3.62. The topological polar surface area (TPSA) is 21.6 Å². The molecule has 0 heterocycles. The zero-order valence-electron chi connectivity index (χ0n) is 14.5. The monoisotopic (exact) mass is 363 g/mol. The molecule has 22 heavy (non-hydrogen) atoms. The van der Waals surface area contributed by atoms with Crippen LogP contribution in [0.5, 0.6) is 0 Å². The van der Waals surface area contributed by atoms with Gasteiger partial charge in [0.25, 0.3) is 0 Å². The number of hydrogen-bond donors (Lipinski definition) is 0. The Hall–Kier alpha value is -1.11. The van der Waals surface area contributed by atoms with Crippen LogP contribution in [-0.4, -0.2) is 25.0 Å². The summed E-state index contributed by atoms with van der Waals surface area (Å²) in [5, 5.41) is 0. The number of benzene rings is 1. The molecule has 0 fully saturated rings. The van der Waals surface area contributed by atoms with Gasteiger partial charge in [0.2, 0.25) is 0 Å². The Kier molecular flexibility index (Phi) is 6.84. The molecule has 1 aromatic rings. The van der Waals surface area contributed by atoms with E-state index in [1.54, 1.807) is 7.11 Å². The summed E-state index contributed by atoms with van der Waals surface area (Å²) in [6.07, 6.45) is 0.986. The van der Waals surface area contributed by atoms with Crippen molar-refractivity contribution in [3.8, 4) is 11.8 Å². The molecular formula is C19H26BrNO. The average molecular weight is 364 g/mol. The Bertz CT molecular complexity index is 585. The van der Waals surface area contributed by atoms with E-state index in [2.05, 4.69) is 62.4 Å². The number of halogens is 1. The Balaban J connectivity index is 3.24. The van der Waals surface area contributed by atoms with Crippen molar-refractivity contribution in [3.63, 3.8) is 0 Å². The van der Waals surface area contributed by atoms with E-state index in [0.717, 1.165) is 22.2 Å². The van der Waals surface area contributed by atoms with Gasteiger partial charge in [-0.25, -0.2) is 0 Å². The van der Waals surface area contributed by atoms with Crippen LogP contribution in [0.15, 0.2) is 33.7 Å². The van der Waals surface area contributed by atoms with Gasteiger partial charge in [-0.15, -0.1) is 0 Å². The Morgan fingerprint density at radius 3 is 2.36 bits per heavy atom. The number of methoxy groups -OCH3 is 1. The van der Waals surface area contributed by atoms with Crippen molar-refractivity contribution in [2.45, 2.75) is 46.6 Å². The van der Waals surface area contributed by atoms with Crippen molar-refractivity contribution < 1.29 is 4.74 Å². The number of hydrogen-bond acceptors (Lipinski definition) is 2. The lowest BCUT2D eigenvalue weighted by Crippen LogP contribution is -2.26.